The van der Waals surface area contributed by atoms with Gasteiger partial charge in [-0.15, -0.1) is 0 Å². The van der Waals surface area contributed by atoms with Crippen molar-refractivity contribution in [1.82, 2.24) is 9.80 Å². The molecule has 0 aliphatic carbocycles. The molecule has 1 amide bonds. The molecule has 2 aliphatic heterocycles. The third-order valence-electron chi connectivity index (χ3n) is 4.44. The number of hydrogen-bond donors (Lipinski definition) is 0. The third-order valence-corrected chi connectivity index (χ3v) is 4.44. The van der Waals surface area contributed by atoms with E-state index in [0.29, 0.717) is 18.2 Å². The van der Waals surface area contributed by atoms with E-state index in [9.17, 15) is 4.79 Å². The molecular formula is C18H24N2O2. The highest BCUT2D eigenvalue weighted by molar-refractivity contribution is 5.94. The lowest BCUT2D eigenvalue weighted by Crippen LogP contribution is -2.52. The number of hydrogen-bond acceptors (Lipinski definition) is 3. The first kappa shape index (κ1) is 15.1. The van der Waals surface area contributed by atoms with Crippen molar-refractivity contribution in [2.45, 2.75) is 25.8 Å². The van der Waals surface area contributed by atoms with Gasteiger partial charge in [0.15, 0.2) is 0 Å². The summed E-state index contributed by atoms with van der Waals surface area (Å²) >= 11 is 0. The molecule has 2 saturated heterocycles. The summed E-state index contributed by atoms with van der Waals surface area (Å²) in [6.45, 7) is 10.1. The van der Waals surface area contributed by atoms with Gasteiger partial charge in [0, 0.05) is 31.2 Å². The molecule has 0 unspecified atom stereocenters. The number of carbonyl (C=O) groups excluding carboxylic acids is 1. The average molecular weight is 300 g/mol. The first-order chi connectivity index (χ1) is 10.6. The van der Waals surface area contributed by atoms with Crippen LogP contribution in [0.3, 0.4) is 0 Å². The third kappa shape index (κ3) is 3.33. The molecular weight excluding hydrogens is 276 g/mol. The van der Waals surface area contributed by atoms with Gasteiger partial charge >= 0.3 is 0 Å². The summed E-state index contributed by atoms with van der Waals surface area (Å²) in [6.07, 6.45) is 2.47. The SMILES string of the molecule is C=C(C)COc1cccc(C(=O)N2CCN3CCC[C@H]3C2)c1. The molecule has 2 aliphatic rings. The Hall–Kier alpha value is -1.81. The van der Waals surface area contributed by atoms with Crippen LogP contribution in [0.1, 0.15) is 30.1 Å². The molecule has 3 rings (SSSR count). The molecule has 1 aromatic rings. The maximum Gasteiger partial charge on any atom is 0.254 e. The van der Waals surface area contributed by atoms with Crippen LogP contribution in [-0.4, -0.2) is 54.5 Å². The number of fused-ring (bicyclic) bond motifs is 1. The lowest BCUT2D eigenvalue weighted by molar-refractivity contribution is 0.0571. The molecule has 22 heavy (non-hydrogen) atoms. The fraction of sp³-hybridized carbons (Fsp3) is 0.500. The van der Waals surface area contributed by atoms with Crippen molar-refractivity contribution in [3.8, 4) is 5.75 Å². The van der Waals surface area contributed by atoms with Gasteiger partial charge in [0.1, 0.15) is 12.4 Å². The van der Waals surface area contributed by atoms with Gasteiger partial charge in [-0.25, -0.2) is 0 Å². The van der Waals surface area contributed by atoms with Crippen molar-refractivity contribution < 1.29 is 9.53 Å². The average Bonchev–Trinajstić information content (AvgIpc) is 3.00. The van der Waals surface area contributed by atoms with Gasteiger partial charge in [0.25, 0.3) is 5.91 Å². The molecule has 0 aromatic heterocycles. The van der Waals surface area contributed by atoms with Crippen molar-refractivity contribution in [3.63, 3.8) is 0 Å². The van der Waals surface area contributed by atoms with Crippen molar-refractivity contribution in [2.24, 2.45) is 0 Å². The van der Waals surface area contributed by atoms with E-state index in [0.717, 1.165) is 31.0 Å². The van der Waals surface area contributed by atoms with Crippen LogP contribution in [0.15, 0.2) is 36.4 Å². The number of piperazine rings is 1. The van der Waals surface area contributed by atoms with E-state index < -0.39 is 0 Å². The molecule has 0 saturated carbocycles. The normalized spacial score (nSPS) is 21.5. The Labute approximate surface area is 132 Å². The van der Waals surface area contributed by atoms with Crippen molar-refractivity contribution in [3.05, 3.63) is 42.0 Å². The van der Waals surface area contributed by atoms with Gasteiger partial charge < -0.3 is 9.64 Å². The highest BCUT2D eigenvalue weighted by atomic mass is 16.5. The Morgan fingerprint density at radius 2 is 2.23 bits per heavy atom. The van der Waals surface area contributed by atoms with Crippen molar-refractivity contribution in [1.29, 1.82) is 0 Å². The molecule has 4 heteroatoms. The lowest BCUT2D eigenvalue weighted by Gasteiger charge is -2.37. The molecule has 0 N–H and O–H groups in total. The van der Waals surface area contributed by atoms with Gasteiger partial charge in [0.2, 0.25) is 0 Å². The van der Waals surface area contributed by atoms with E-state index in [1.54, 1.807) is 0 Å². The summed E-state index contributed by atoms with van der Waals surface area (Å²) in [6, 6.07) is 8.03. The highest BCUT2D eigenvalue weighted by Crippen LogP contribution is 2.23. The minimum atomic E-state index is 0.118. The minimum Gasteiger partial charge on any atom is -0.489 e. The summed E-state index contributed by atoms with van der Waals surface area (Å²) in [7, 11) is 0. The monoisotopic (exact) mass is 300 g/mol. The van der Waals surface area contributed by atoms with E-state index >= 15 is 0 Å². The van der Waals surface area contributed by atoms with Crippen molar-refractivity contribution >= 4 is 5.91 Å². The summed E-state index contributed by atoms with van der Waals surface area (Å²) in [5.74, 6) is 0.848. The van der Waals surface area contributed by atoms with Gasteiger partial charge in [-0.05, 0) is 50.1 Å². The second-order valence-electron chi connectivity index (χ2n) is 6.36. The predicted molar refractivity (Wildman–Crippen MR) is 87.2 cm³/mol. The van der Waals surface area contributed by atoms with Gasteiger partial charge in [0.05, 0.1) is 0 Å². The second kappa shape index (κ2) is 6.53. The largest absolute Gasteiger partial charge is 0.489 e. The Morgan fingerprint density at radius 1 is 1.36 bits per heavy atom. The van der Waals surface area contributed by atoms with E-state index in [4.69, 9.17) is 4.74 Å². The first-order valence-electron chi connectivity index (χ1n) is 8.04. The number of carbonyl (C=O) groups is 1. The Morgan fingerprint density at radius 3 is 3.05 bits per heavy atom. The van der Waals surface area contributed by atoms with Crippen LogP contribution in [0.5, 0.6) is 5.75 Å². The minimum absolute atomic E-state index is 0.118. The fourth-order valence-electron chi connectivity index (χ4n) is 3.28. The molecule has 1 aromatic carbocycles. The summed E-state index contributed by atoms with van der Waals surface area (Å²) in [5.41, 5.74) is 1.68. The Bertz CT molecular complexity index is 570. The van der Waals surface area contributed by atoms with Gasteiger partial charge in [-0.3, -0.25) is 9.69 Å². The molecule has 2 fully saturated rings. The number of ether oxygens (including phenoxy) is 1. The van der Waals surface area contributed by atoms with Crippen LogP contribution in [0.25, 0.3) is 0 Å². The number of benzene rings is 1. The van der Waals surface area contributed by atoms with Crippen LogP contribution in [0.4, 0.5) is 0 Å². The summed E-state index contributed by atoms with van der Waals surface area (Å²) < 4.78 is 5.64. The summed E-state index contributed by atoms with van der Waals surface area (Å²) in [5, 5.41) is 0. The summed E-state index contributed by atoms with van der Waals surface area (Å²) in [4.78, 5) is 17.2. The van der Waals surface area contributed by atoms with Crippen LogP contribution in [-0.2, 0) is 0 Å². The van der Waals surface area contributed by atoms with Crippen LogP contribution in [0.2, 0.25) is 0 Å². The topological polar surface area (TPSA) is 32.8 Å². The van der Waals surface area contributed by atoms with Crippen LogP contribution < -0.4 is 4.74 Å². The van der Waals surface area contributed by atoms with E-state index in [2.05, 4.69) is 11.5 Å². The van der Waals surface area contributed by atoms with Gasteiger partial charge in [-0.1, -0.05) is 12.6 Å². The quantitative estimate of drug-likeness (QED) is 0.801. The smallest absolute Gasteiger partial charge is 0.254 e. The standard InChI is InChI=1S/C18H24N2O2/c1-14(2)13-22-17-7-3-5-15(11-17)18(21)20-10-9-19-8-4-6-16(19)12-20/h3,5,7,11,16H,1,4,6,8-10,12-13H2,2H3/t16-/m0/s1. The van der Waals surface area contributed by atoms with Gasteiger partial charge in [-0.2, -0.15) is 0 Å². The van der Waals surface area contributed by atoms with Crippen molar-refractivity contribution in [2.75, 3.05) is 32.8 Å². The molecule has 2 heterocycles. The Balaban J connectivity index is 1.66. The highest BCUT2D eigenvalue weighted by Gasteiger charge is 2.32. The van der Waals surface area contributed by atoms with Crippen LogP contribution in [0, 0.1) is 0 Å². The fourth-order valence-corrected chi connectivity index (χ4v) is 3.28. The van der Waals surface area contributed by atoms with E-state index in [1.807, 2.05) is 36.1 Å². The molecule has 0 radical (unpaired) electrons. The molecule has 1 atom stereocenters. The lowest BCUT2D eigenvalue weighted by atomic mass is 10.1. The maximum absolute atomic E-state index is 12.7. The van der Waals surface area contributed by atoms with Crippen LogP contribution >= 0.6 is 0 Å². The molecule has 0 spiro atoms. The molecule has 4 nitrogen and oxygen atoms in total. The zero-order valence-corrected chi connectivity index (χ0v) is 13.3. The number of nitrogens with zero attached hydrogens (tertiary/aromatic N) is 2. The zero-order valence-electron chi connectivity index (χ0n) is 13.3. The Kier molecular flexibility index (Phi) is 4.48. The number of rotatable bonds is 4. The predicted octanol–water partition coefficient (Wildman–Crippen LogP) is 2.56. The van der Waals surface area contributed by atoms with E-state index in [1.165, 1.54) is 19.4 Å². The molecule has 118 valence electrons. The maximum atomic E-state index is 12.7. The first-order valence-corrected chi connectivity index (χ1v) is 8.04. The zero-order chi connectivity index (χ0) is 15.5. The van der Waals surface area contributed by atoms with E-state index in [-0.39, 0.29) is 5.91 Å². The molecule has 0 bridgehead atoms. The second-order valence-corrected chi connectivity index (χ2v) is 6.36. The number of amides is 1.